The fourth-order valence-corrected chi connectivity index (χ4v) is 2.49. The minimum atomic E-state index is 0.967. The molecule has 1 fully saturated rings. The average molecular weight is 230 g/mol. The van der Waals surface area contributed by atoms with E-state index in [-0.39, 0.29) is 0 Å². The minimum Gasteiger partial charge on any atom is -0.462 e. The van der Waals surface area contributed by atoms with Crippen molar-refractivity contribution in [3.8, 4) is 0 Å². The predicted molar refractivity (Wildman–Crippen MR) is 70.4 cm³/mol. The molecule has 3 rings (SSSR count). The van der Waals surface area contributed by atoms with Gasteiger partial charge in [-0.05, 0) is 38.1 Å². The summed E-state index contributed by atoms with van der Waals surface area (Å²) in [5, 5.41) is 4.63. The van der Waals surface area contributed by atoms with Crippen molar-refractivity contribution in [2.24, 2.45) is 0 Å². The highest BCUT2D eigenvalue weighted by atomic mass is 16.3. The van der Waals surface area contributed by atoms with Crippen molar-refractivity contribution in [3.05, 3.63) is 30.5 Å². The third kappa shape index (κ3) is 2.29. The number of hydrogen-bond acceptors (Lipinski definition) is 3. The van der Waals surface area contributed by atoms with Crippen LogP contribution in [0.1, 0.15) is 12.8 Å². The van der Waals surface area contributed by atoms with Gasteiger partial charge in [-0.15, -0.1) is 0 Å². The van der Waals surface area contributed by atoms with Crippen molar-refractivity contribution in [1.82, 2.24) is 4.90 Å². The second-order valence-corrected chi connectivity index (χ2v) is 4.62. The van der Waals surface area contributed by atoms with Crippen molar-refractivity contribution in [2.45, 2.75) is 12.8 Å². The molecule has 3 nitrogen and oxygen atoms in total. The van der Waals surface area contributed by atoms with E-state index in [4.69, 9.17) is 4.42 Å². The van der Waals surface area contributed by atoms with E-state index in [0.29, 0.717) is 0 Å². The summed E-state index contributed by atoms with van der Waals surface area (Å²) in [7, 11) is 0. The average Bonchev–Trinajstić information content (AvgIpc) is 2.99. The highest BCUT2D eigenvalue weighted by molar-refractivity contribution is 5.88. The number of rotatable bonds is 4. The van der Waals surface area contributed by atoms with Gasteiger partial charge in [-0.3, -0.25) is 0 Å². The molecule has 1 saturated heterocycles. The zero-order valence-electron chi connectivity index (χ0n) is 9.98. The molecular weight excluding hydrogens is 212 g/mol. The molecule has 0 unspecified atom stereocenters. The normalized spacial score (nSPS) is 16.7. The molecule has 0 aliphatic carbocycles. The van der Waals surface area contributed by atoms with Crippen molar-refractivity contribution >= 4 is 16.7 Å². The number of anilines is 1. The van der Waals surface area contributed by atoms with Gasteiger partial charge >= 0.3 is 0 Å². The Labute approximate surface area is 101 Å². The van der Waals surface area contributed by atoms with Crippen LogP contribution in [0.25, 0.3) is 11.0 Å². The first-order chi connectivity index (χ1) is 8.43. The van der Waals surface area contributed by atoms with Gasteiger partial charge in [-0.2, -0.15) is 0 Å². The molecule has 0 spiro atoms. The van der Waals surface area contributed by atoms with Crippen LogP contribution < -0.4 is 5.32 Å². The maximum absolute atomic E-state index is 5.50. The van der Waals surface area contributed by atoms with Gasteiger partial charge < -0.3 is 14.6 Å². The monoisotopic (exact) mass is 230 g/mol. The Balaban J connectivity index is 1.62. The van der Waals surface area contributed by atoms with Gasteiger partial charge in [0.15, 0.2) is 5.58 Å². The van der Waals surface area contributed by atoms with E-state index in [1.54, 1.807) is 6.26 Å². The summed E-state index contributed by atoms with van der Waals surface area (Å²) < 4.78 is 5.50. The molecule has 3 heteroatoms. The third-order valence-electron chi connectivity index (χ3n) is 3.42. The molecule has 1 aliphatic heterocycles. The SMILES string of the molecule is c1cc(NCCN2CCCC2)c2occc2c1. The standard InChI is InChI=1S/C14H18N2O/c1-2-9-16(8-1)10-7-15-13-5-3-4-12-6-11-17-14(12)13/h3-6,11,15H,1-2,7-10H2. The Morgan fingerprint density at radius 2 is 2.06 bits per heavy atom. The van der Waals surface area contributed by atoms with Gasteiger partial charge in [0.25, 0.3) is 0 Å². The number of nitrogens with one attached hydrogen (secondary N) is 1. The Morgan fingerprint density at radius 1 is 1.18 bits per heavy atom. The Hall–Kier alpha value is -1.48. The summed E-state index contributed by atoms with van der Waals surface area (Å²) >= 11 is 0. The Morgan fingerprint density at radius 3 is 2.94 bits per heavy atom. The molecule has 2 heterocycles. The van der Waals surface area contributed by atoms with Crippen LogP contribution in [0.3, 0.4) is 0 Å². The zero-order valence-corrected chi connectivity index (χ0v) is 9.98. The number of para-hydroxylation sites is 1. The molecule has 2 aromatic rings. The Bertz CT molecular complexity index is 486. The van der Waals surface area contributed by atoms with Crippen molar-refractivity contribution in [3.63, 3.8) is 0 Å². The van der Waals surface area contributed by atoms with Crippen LogP contribution in [0, 0.1) is 0 Å². The fourth-order valence-electron chi connectivity index (χ4n) is 2.49. The maximum atomic E-state index is 5.50. The van der Waals surface area contributed by atoms with E-state index in [0.717, 1.165) is 29.7 Å². The van der Waals surface area contributed by atoms with Crippen LogP contribution >= 0.6 is 0 Å². The van der Waals surface area contributed by atoms with Gasteiger partial charge in [-0.1, -0.05) is 12.1 Å². The first-order valence-corrected chi connectivity index (χ1v) is 6.36. The van der Waals surface area contributed by atoms with Crippen LogP contribution in [0.4, 0.5) is 5.69 Å². The lowest BCUT2D eigenvalue weighted by Gasteiger charge is -2.15. The van der Waals surface area contributed by atoms with Crippen LogP contribution in [-0.2, 0) is 0 Å². The predicted octanol–water partition coefficient (Wildman–Crippen LogP) is 2.94. The lowest BCUT2D eigenvalue weighted by molar-refractivity contribution is 0.352. The third-order valence-corrected chi connectivity index (χ3v) is 3.42. The fraction of sp³-hybridized carbons (Fsp3) is 0.429. The lowest BCUT2D eigenvalue weighted by atomic mass is 10.2. The summed E-state index contributed by atoms with van der Waals surface area (Å²) in [6.45, 7) is 4.62. The minimum absolute atomic E-state index is 0.967. The molecule has 0 saturated carbocycles. The van der Waals surface area contributed by atoms with Gasteiger partial charge in [0.2, 0.25) is 0 Å². The highest BCUT2D eigenvalue weighted by Gasteiger charge is 2.10. The molecule has 90 valence electrons. The van der Waals surface area contributed by atoms with Crippen LogP contribution in [0.5, 0.6) is 0 Å². The number of nitrogens with zero attached hydrogens (tertiary/aromatic N) is 1. The first-order valence-electron chi connectivity index (χ1n) is 6.36. The first kappa shape index (κ1) is 10.7. The van der Waals surface area contributed by atoms with Gasteiger partial charge in [0.05, 0.1) is 12.0 Å². The number of fused-ring (bicyclic) bond motifs is 1. The second kappa shape index (κ2) is 4.80. The molecule has 0 amide bonds. The molecule has 1 aromatic carbocycles. The molecule has 17 heavy (non-hydrogen) atoms. The quantitative estimate of drug-likeness (QED) is 0.875. The van der Waals surface area contributed by atoms with Crippen LogP contribution in [-0.4, -0.2) is 31.1 Å². The van der Waals surface area contributed by atoms with Crippen molar-refractivity contribution < 1.29 is 4.42 Å². The summed E-state index contributed by atoms with van der Waals surface area (Å²) in [6.07, 6.45) is 4.46. The maximum Gasteiger partial charge on any atom is 0.156 e. The number of hydrogen-bond donors (Lipinski definition) is 1. The molecule has 1 N–H and O–H groups in total. The summed E-state index contributed by atoms with van der Waals surface area (Å²) in [6, 6.07) is 8.22. The topological polar surface area (TPSA) is 28.4 Å². The lowest BCUT2D eigenvalue weighted by Crippen LogP contribution is -2.25. The van der Waals surface area contributed by atoms with Gasteiger partial charge in [0, 0.05) is 18.5 Å². The van der Waals surface area contributed by atoms with Crippen molar-refractivity contribution in [2.75, 3.05) is 31.5 Å². The van der Waals surface area contributed by atoms with E-state index >= 15 is 0 Å². The van der Waals surface area contributed by atoms with E-state index in [9.17, 15) is 0 Å². The van der Waals surface area contributed by atoms with Crippen LogP contribution in [0.15, 0.2) is 34.9 Å². The molecule has 1 aliphatic rings. The summed E-state index contributed by atoms with van der Waals surface area (Å²) in [5.74, 6) is 0. The summed E-state index contributed by atoms with van der Waals surface area (Å²) in [4.78, 5) is 2.51. The molecular formula is C14H18N2O. The molecule has 0 radical (unpaired) electrons. The highest BCUT2D eigenvalue weighted by Crippen LogP contribution is 2.23. The molecule has 1 aromatic heterocycles. The van der Waals surface area contributed by atoms with Crippen molar-refractivity contribution in [1.29, 1.82) is 0 Å². The number of benzene rings is 1. The smallest absolute Gasteiger partial charge is 0.156 e. The van der Waals surface area contributed by atoms with E-state index in [1.165, 1.54) is 25.9 Å². The number of likely N-dealkylation sites (tertiary alicyclic amines) is 1. The van der Waals surface area contributed by atoms with E-state index in [2.05, 4.69) is 28.4 Å². The molecule has 0 atom stereocenters. The molecule has 0 bridgehead atoms. The summed E-state index contributed by atoms with van der Waals surface area (Å²) in [5.41, 5.74) is 2.07. The number of furan rings is 1. The zero-order chi connectivity index (χ0) is 11.5. The largest absolute Gasteiger partial charge is 0.462 e. The van der Waals surface area contributed by atoms with E-state index < -0.39 is 0 Å². The van der Waals surface area contributed by atoms with E-state index in [1.807, 2.05) is 6.07 Å². The second-order valence-electron chi connectivity index (χ2n) is 4.62. The van der Waals surface area contributed by atoms with Gasteiger partial charge in [-0.25, -0.2) is 0 Å². The van der Waals surface area contributed by atoms with Crippen LogP contribution in [0.2, 0.25) is 0 Å². The Kier molecular flexibility index (Phi) is 3.01. The van der Waals surface area contributed by atoms with Gasteiger partial charge in [0.1, 0.15) is 0 Å².